The Morgan fingerprint density at radius 2 is 1.94 bits per heavy atom. The molecule has 7 nitrogen and oxygen atoms in total. The van der Waals surface area contributed by atoms with E-state index in [1.165, 1.54) is 5.69 Å². The molecule has 1 aromatic carbocycles. The van der Waals surface area contributed by atoms with Gasteiger partial charge in [0, 0.05) is 62.8 Å². The highest BCUT2D eigenvalue weighted by molar-refractivity contribution is 7.13. The first kappa shape index (κ1) is 20.5. The molecular weight excluding hydrogens is 410 g/mol. The zero-order chi connectivity index (χ0) is 21.0. The molecule has 2 aromatic heterocycles. The smallest absolute Gasteiger partial charge is 0.185 e. The third-order valence-electron chi connectivity index (χ3n) is 6.04. The molecule has 4 heterocycles. The summed E-state index contributed by atoms with van der Waals surface area (Å²) in [4.78, 5) is 16.9. The number of morpholine rings is 1. The van der Waals surface area contributed by atoms with Gasteiger partial charge in [0.15, 0.2) is 5.13 Å². The van der Waals surface area contributed by atoms with Gasteiger partial charge in [-0.25, -0.2) is 4.98 Å². The van der Waals surface area contributed by atoms with Gasteiger partial charge in [0.2, 0.25) is 0 Å². The molecule has 2 saturated heterocycles. The second kappa shape index (κ2) is 9.38. The fourth-order valence-corrected chi connectivity index (χ4v) is 5.30. The van der Waals surface area contributed by atoms with Crippen molar-refractivity contribution in [3.05, 3.63) is 41.5 Å². The molecule has 2 aliphatic heterocycles. The Balaban J connectivity index is 1.28. The van der Waals surface area contributed by atoms with Crippen LogP contribution >= 0.6 is 11.3 Å². The third-order valence-corrected chi connectivity index (χ3v) is 6.99. The van der Waals surface area contributed by atoms with Crippen LogP contribution in [0.2, 0.25) is 0 Å². The zero-order valence-corrected chi connectivity index (χ0v) is 18.8. The summed E-state index contributed by atoms with van der Waals surface area (Å²) in [5.41, 5.74) is 3.31. The Labute approximate surface area is 187 Å². The van der Waals surface area contributed by atoms with Crippen molar-refractivity contribution in [2.24, 2.45) is 0 Å². The van der Waals surface area contributed by atoms with Crippen LogP contribution in [0.3, 0.4) is 0 Å². The molecule has 0 radical (unpaired) electrons. The number of pyridine rings is 1. The van der Waals surface area contributed by atoms with E-state index >= 15 is 0 Å². The fraction of sp³-hybridized carbons (Fsp3) is 0.478. The highest BCUT2D eigenvalue weighted by Gasteiger charge is 2.22. The minimum atomic E-state index is 0.795. The number of thiazole rings is 1. The summed E-state index contributed by atoms with van der Waals surface area (Å²) in [6, 6.07) is 8.25. The zero-order valence-electron chi connectivity index (χ0n) is 18.0. The molecular formula is C23H29N5O2S. The summed E-state index contributed by atoms with van der Waals surface area (Å²) in [5.74, 6) is 0.898. The summed E-state index contributed by atoms with van der Waals surface area (Å²) < 4.78 is 11.2. The van der Waals surface area contributed by atoms with Crippen LogP contribution in [0.5, 0.6) is 5.75 Å². The molecule has 0 unspecified atom stereocenters. The molecule has 0 aliphatic carbocycles. The van der Waals surface area contributed by atoms with Crippen LogP contribution in [0.1, 0.15) is 12.1 Å². The number of methoxy groups -OCH3 is 1. The van der Waals surface area contributed by atoms with Gasteiger partial charge in [0.1, 0.15) is 11.4 Å². The Morgan fingerprint density at radius 3 is 2.81 bits per heavy atom. The van der Waals surface area contributed by atoms with Gasteiger partial charge < -0.3 is 19.3 Å². The second-order valence-corrected chi connectivity index (χ2v) is 8.87. The SMILES string of the molecule is COc1ccc2cccnc2c1N1CCCN(Cc2csc(N3CCOCC3)n2)CC1. The van der Waals surface area contributed by atoms with E-state index in [2.05, 4.69) is 43.3 Å². The minimum Gasteiger partial charge on any atom is -0.494 e. The van der Waals surface area contributed by atoms with Gasteiger partial charge in [0.25, 0.3) is 0 Å². The average molecular weight is 440 g/mol. The van der Waals surface area contributed by atoms with Gasteiger partial charge in [0.05, 0.1) is 31.5 Å². The van der Waals surface area contributed by atoms with Crippen LogP contribution in [0.25, 0.3) is 10.9 Å². The summed E-state index contributed by atoms with van der Waals surface area (Å²) in [5, 5.41) is 4.49. The number of rotatable bonds is 5. The van der Waals surface area contributed by atoms with E-state index < -0.39 is 0 Å². The molecule has 5 rings (SSSR count). The minimum absolute atomic E-state index is 0.795. The standard InChI is InChI=1S/C23H29N5O2S/c1-29-20-6-5-18-4-2-7-24-21(18)22(20)27-9-3-8-26(10-11-27)16-19-17-31-23(25-19)28-12-14-30-15-13-28/h2,4-7,17H,3,8-16H2,1H3. The molecule has 0 spiro atoms. The monoisotopic (exact) mass is 439 g/mol. The largest absolute Gasteiger partial charge is 0.494 e. The van der Waals surface area contributed by atoms with Gasteiger partial charge >= 0.3 is 0 Å². The molecule has 0 amide bonds. The van der Waals surface area contributed by atoms with Gasteiger partial charge in [-0.1, -0.05) is 6.07 Å². The molecule has 2 aliphatic rings. The van der Waals surface area contributed by atoms with E-state index in [-0.39, 0.29) is 0 Å². The lowest BCUT2D eigenvalue weighted by Gasteiger charge is -2.26. The molecule has 0 bridgehead atoms. The first-order valence-electron chi connectivity index (χ1n) is 11.0. The topological polar surface area (TPSA) is 54.0 Å². The van der Waals surface area contributed by atoms with Crippen molar-refractivity contribution in [1.82, 2.24) is 14.9 Å². The van der Waals surface area contributed by atoms with Crippen LogP contribution in [-0.4, -0.2) is 74.5 Å². The lowest BCUT2D eigenvalue weighted by atomic mass is 10.1. The fourth-order valence-electron chi connectivity index (χ4n) is 4.43. The van der Waals surface area contributed by atoms with E-state index in [1.54, 1.807) is 18.4 Å². The van der Waals surface area contributed by atoms with Crippen molar-refractivity contribution >= 4 is 33.1 Å². The number of nitrogens with zero attached hydrogens (tertiary/aromatic N) is 5. The Kier molecular flexibility index (Phi) is 6.20. The van der Waals surface area contributed by atoms with Crippen LogP contribution in [0, 0.1) is 0 Å². The van der Waals surface area contributed by atoms with Crippen molar-refractivity contribution < 1.29 is 9.47 Å². The Bertz CT molecular complexity index is 1020. The number of aromatic nitrogens is 2. The average Bonchev–Trinajstić information content (AvgIpc) is 3.17. The number of ether oxygens (including phenoxy) is 2. The van der Waals surface area contributed by atoms with E-state index in [0.717, 1.165) is 92.9 Å². The third kappa shape index (κ3) is 4.46. The first-order chi connectivity index (χ1) is 15.3. The first-order valence-corrected chi connectivity index (χ1v) is 11.9. The maximum Gasteiger partial charge on any atom is 0.185 e. The van der Waals surface area contributed by atoms with E-state index in [9.17, 15) is 0 Å². The number of hydrogen-bond donors (Lipinski definition) is 0. The van der Waals surface area contributed by atoms with Crippen LogP contribution < -0.4 is 14.5 Å². The highest BCUT2D eigenvalue weighted by atomic mass is 32.1. The van der Waals surface area contributed by atoms with Crippen molar-refractivity contribution in [2.75, 3.05) is 69.4 Å². The van der Waals surface area contributed by atoms with Gasteiger partial charge in [-0.05, 0) is 24.6 Å². The Hall–Kier alpha value is -2.42. The summed E-state index contributed by atoms with van der Waals surface area (Å²) >= 11 is 1.75. The summed E-state index contributed by atoms with van der Waals surface area (Å²) in [6.07, 6.45) is 2.97. The number of fused-ring (bicyclic) bond motifs is 1. The number of hydrogen-bond acceptors (Lipinski definition) is 8. The lowest BCUT2D eigenvalue weighted by molar-refractivity contribution is 0.122. The van der Waals surface area contributed by atoms with Gasteiger partial charge in [-0.3, -0.25) is 9.88 Å². The summed E-state index contributed by atoms with van der Waals surface area (Å²) in [6.45, 7) is 8.38. The van der Waals surface area contributed by atoms with Crippen molar-refractivity contribution in [3.63, 3.8) is 0 Å². The molecule has 0 N–H and O–H groups in total. The van der Waals surface area contributed by atoms with E-state index in [1.807, 2.05) is 12.3 Å². The maximum absolute atomic E-state index is 5.71. The predicted octanol–water partition coefficient (Wildman–Crippen LogP) is 3.25. The molecule has 0 atom stereocenters. The summed E-state index contributed by atoms with van der Waals surface area (Å²) in [7, 11) is 1.74. The van der Waals surface area contributed by atoms with Gasteiger partial charge in [-0.2, -0.15) is 0 Å². The number of benzene rings is 1. The molecule has 3 aromatic rings. The van der Waals surface area contributed by atoms with Crippen molar-refractivity contribution in [2.45, 2.75) is 13.0 Å². The van der Waals surface area contributed by atoms with Gasteiger partial charge in [-0.15, -0.1) is 11.3 Å². The van der Waals surface area contributed by atoms with E-state index in [4.69, 9.17) is 14.5 Å². The maximum atomic E-state index is 5.71. The molecule has 164 valence electrons. The second-order valence-electron chi connectivity index (χ2n) is 8.03. The van der Waals surface area contributed by atoms with Crippen molar-refractivity contribution in [1.29, 1.82) is 0 Å². The highest BCUT2D eigenvalue weighted by Crippen LogP contribution is 2.35. The van der Waals surface area contributed by atoms with E-state index in [0.29, 0.717) is 0 Å². The normalized spacial score (nSPS) is 18.4. The van der Waals surface area contributed by atoms with Crippen LogP contribution in [0.15, 0.2) is 35.8 Å². The van der Waals surface area contributed by atoms with Crippen LogP contribution in [-0.2, 0) is 11.3 Å². The molecule has 0 saturated carbocycles. The van der Waals surface area contributed by atoms with Crippen LogP contribution in [0.4, 0.5) is 10.8 Å². The number of anilines is 2. The predicted molar refractivity (Wildman–Crippen MR) is 126 cm³/mol. The Morgan fingerprint density at radius 1 is 1.03 bits per heavy atom. The quantitative estimate of drug-likeness (QED) is 0.605. The molecule has 31 heavy (non-hydrogen) atoms. The lowest BCUT2D eigenvalue weighted by Crippen LogP contribution is -2.36. The molecule has 8 heteroatoms. The van der Waals surface area contributed by atoms with Crippen molar-refractivity contribution in [3.8, 4) is 5.75 Å². The molecule has 2 fully saturated rings.